The monoisotopic (exact) mass is 251 g/mol. The first-order valence-electron chi connectivity index (χ1n) is 7.10. The first kappa shape index (κ1) is 15.2. The Morgan fingerprint density at radius 2 is 2.06 bits per heavy atom. The lowest BCUT2D eigenvalue weighted by Gasteiger charge is -2.23. The fraction of sp³-hybridized carbons (Fsp3) is 0.800. The normalized spacial score (nSPS) is 13.9. The summed E-state index contributed by atoms with van der Waals surface area (Å²) in [5.74, 6) is 0.699. The summed E-state index contributed by atoms with van der Waals surface area (Å²) < 4.78 is 2.12. The number of hydrogen-bond donors (Lipinski definition) is 1. The minimum atomic E-state index is 0.218. The van der Waals surface area contributed by atoms with Gasteiger partial charge in [-0.1, -0.05) is 6.92 Å². The van der Waals surface area contributed by atoms with E-state index in [-0.39, 0.29) is 5.54 Å². The molecule has 0 spiro atoms. The molecule has 0 aliphatic carbocycles. The van der Waals surface area contributed by atoms with E-state index in [1.54, 1.807) is 0 Å². The Morgan fingerprint density at radius 3 is 2.61 bits per heavy atom. The molecule has 0 saturated carbocycles. The quantitative estimate of drug-likeness (QED) is 0.841. The zero-order valence-electron chi connectivity index (χ0n) is 12.9. The summed E-state index contributed by atoms with van der Waals surface area (Å²) in [5, 5.41) is 8.06. The van der Waals surface area contributed by atoms with E-state index in [1.165, 1.54) is 12.1 Å². The molecule has 0 aliphatic rings. The van der Waals surface area contributed by atoms with E-state index in [0.717, 1.165) is 25.2 Å². The third-order valence-electron chi connectivity index (χ3n) is 3.16. The van der Waals surface area contributed by atoms with Crippen LogP contribution in [0.15, 0.2) is 6.07 Å². The van der Waals surface area contributed by atoms with Crippen LogP contribution in [0, 0.1) is 12.8 Å². The van der Waals surface area contributed by atoms with Crippen LogP contribution < -0.4 is 5.32 Å². The molecule has 1 rings (SSSR count). The van der Waals surface area contributed by atoms with Gasteiger partial charge >= 0.3 is 0 Å². The van der Waals surface area contributed by atoms with Gasteiger partial charge in [-0.15, -0.1) is 0 Å². The van der Waals surface area contributed by atoms with Crippen LogP contribution in [0.3, 0.4) is 0 Å². The van der Waals surface area contributed by atoms with Gasteiger partial charge < -0.3 is 5.32 Å². The summed E-state index contributed by atoms with van der Waals surface area (Å²) in [5.41, 5.74) is 2.72. The fourth-order valence-corrected chi connectivity index (χ4v) is 2.05. The number of aromatic nitrogens is 2. The maximum absolute atomic E-state index is 4.49. The standard InChI is InChI=1S/C15H29N3/c1-7-18-14(10-13(3)17-18)9-8-12(2)11-16-15(4,5)6/h10,12,16H,7-9,11H2,1-6H3. The van der Waals surface area contributed by atoms with E-state index in [2.05, 4.69) is 62.7 Å². The molecule has 0 saturated heterocycles. The summed E-state index contributed by atoms with van der Waals surface area (Å²) in [7, 11) is 0. The van der Waals surface area contributed by atoms with Crippen molar-refractivity contribution in [3.63, 3.8) is 0 Å². The van der Waals surface area contributed by atoms with E-state index >= 15 is 0 Å². The average molecular weight is 251 g/mol. The summed E-state index contributed by atoms with van der Waals surface area (Å²) in [6.07, 6.45) is 2.34. The predicted octanol–water partition coefficient (Wildman–Crippen LogP) is 3.17. The van der Waals surface area contributed by atoms with Gasteiger partial charge in [0.05, 0.1) is 5.69 Å². The largest absolute Gasteiger partial charge is 0.312 e. The molecule has 0 aromatic carbocycles. The van der Waals surface area contributed by atoms with Gasteiger partial charge in [0.25, 0.3) is 0 Å². The van der Waals surface area contributed by atoms with Gasteiger partial charge in [0.1, 0.15) is 0 Å². The Bertz CT molecular complexity index is 360. The Kier molecular flexibility index (Phi) is 5.39. The number of hydrogen-bond acceptors (Lipinski definition) is 2. The van der Waals surface area contributed by atoms with Gasteiger partial charge in [0, 0.05) is 17.8 Å². The van der Waals surface area contributed by atoms with Gasteiger partial charge in [-0.05, 0) is 66.0 Å². The third kappa shape index (κ3) is 5.21. The van der Waals surface area contributed by atoms with Crippen molar-refractivity contribution in [3.8, 4) is 0 Å². The second-order valence-corrected chi connectivity index (χ2v) is 6.37. The SMILES string of the molecule is CCn1nc(C)cc1CCC(C)CNC(C)(C)C. The highest BCUT2D eigenvalue weighted by Gasteiger charge is 2.12. The van der Waals surface area contributed by atoms with Gasteiger partial charge in [-0.2, -0.15) is 5.10 Å². The molecule has 1 aromatic heterocycles. The van der Waals surface area contributed by atoms with E-state index in [1.807, 2.05) is 0 Å². The van der Waals surface area contributed by atoms with E-state index < -0.39 is 0 Å². The highest BCUT2D eigenvalue weighted by Crippen LogP contribution is 2.12. The average Bonchev–Trinajstić information content (AvgIpc) is 2.63. The first-order valence-corrected chi connectivity index (χ1v) is 7.10. The Labute approximate surface area is 112 Å². The van der Waals surface area contributed by atoms with Crippen LogP contribution in [0.1, 0.15) is 52.4 Å². The van der Waals surface area contributed by atoms with Crippen molar-refractivity contribution in [2.24, 2.45) is 5.92 Å². The molecule has 1 N–H and O–H groups in total. The molecule has 1 atom stereocenters. The maximum atomic E-state index is 4.49. The number of nitrogens with one attached hydrogen (secondary N) is 1. The Morgan fingerprint density at radius 1 is 1.39 bits per heavy atom. The highest BCUT2D eigenvalue weighted by atomic mass is 15.3. The predicted molar refractivity (Wildman–Crippen MR) is 77.9 cm³/mol. The summed E-state index contributed by atoms with van der Waals surface area (Å²) in [6, 6.07) is 2.22. The molecule has 3 nitrogen and oxygen atoms in total. The van der Waals surface area contributed by atoms with Crippen LogP contribution in [0.5, 0.6) is 0 Å². The summed E-state index contributed by atoms with van der Waals surface area (Å²) >= 11 is 0. The van der Waals surface area contributed by atoms with Crippen LogP contribution >= 0.6 is 0 Å². The highest BCUT2D eigenvalue weighted by molar-refractivity contribution is 5.09. The lowest BCUT2D eigenvalue weighted by Crippen LogP contribution is -2.38. The van der Waals surface area contributed by atoms with Gasteiger partial charge in [-0.25, -0.2) is 0 Å². The maximum Gasteiger partial charge on any atom is 0.0596 e. The van der Waals surface area contributed by atoms with Crippen LogP contribution in [0.2, 0.25) is 0 Å². The zero-order valence-corrected chi connectivity index (χ0v) is 12.9. The second kappa shape index (κ2) is 6.37. The van der Waals surface area contributed by atoms with Crippen molar-refractivity contribution >= 4 is 0 Å². The fourth-order valence-electron chi connectivity index (χ4n) is 2.05. The second-order valence-electron chi connectivity index (χ2n) is 6.37. The molecule has 18 heavy (non-hydrogen) atoms. The van der Waals surface area contributed by atoms with Gasteiger partial charge in [0.15, 0.2) is 0 Å². The molecule has 104 valence electrons. The van der Waals surface area contributed by atoms with Crippen LogP contribution in [0.4, 0.5) is 0 Å². The van der Waals surface area contributed by atoms with E-state index in [9.17, 15) is 0 Å². The molecule has 0 fully saturated rings. The van der Waals surface area contributed by atoms with Crippen molar-refractivity contribution < 1.29 is 0 Å². The topological polar surface area (TPSA) is 29.9 Å². The van der Waals surface area contributed by atoms with Crippen molar-refractivity contribution in [1.82, 2.24) is 15.1 Å². The van der Waals surface area contributed by atoms with Crippen molar-refractivity contribution in [3.05, 3.63) is 17.5 Å². The van der Waals surface area contributed by atoms with Crippen LogP contribution in [-0.4, -0.2) is 21.9 Å². The Balaban J connectivity index is 2.40. The molecule has 0 bridgehead atoms. The number of rotatable bonds is 6. The molecule has 0 aliphatic heterocycles. The molecule has 0 amide bonds. The lowest BCUT2D eigenvalue weighted by molar-refractivity contribution is 0.371. The minimum absolute atomic E-state index is 0.218. The zero-order chi connectivity index (χ0) is 13.8. The van der Waals surface area contributed by atoms with Crippen LogP contribution in [-0.2, 0) is 13.0 Å². The van der Waals surface area contributed by atoms with Crippen LogP contribution in [0.25, 0.3) is 0 Å². The number of aryl methyl sites for hydroxylation is 3. The van der Waals surface area contributed by atoms with E-state index in [4.69, 9.17) is 0 Å². The van der Waals surface area contributed by atoms with Crippen molar-refractivity contribution in [1.29, 1.82) is 0 Å². The molecule has 1 heterocycles. The van der Waals surface area contributed by atoms with Gasteiger partial charge in [0.2, 0.25) is 0 Å². The minimum Gasteiger partial charge on any atom is -0.312 e. The van der Waals surface area contributed by atoms with Crippen molar-refractivity contribution in [2.45, 2.75) is 66.5 Å². The third-order valence-corrected chi connectivity index (χ3v) is 3.16. The van der Waals surface area contributed by atoms with Crippen molar-refractivity contribution in [2.75, 3.05) is 6.54 Å². The van der Waals surface area contributed by atoms with Gasteiger partial charge in [-0.3, -0.25) is 4.68 Å². The molecule has 1 unspecified atom stereocenters. The molecular weight excluding hydrogens is 222 g/mol. The summed E-state index contributed by atoms with van der Waals surface area (Å²) in [6.45, 7) is 15.2. The summed E-state index contributed by atoms with van der Waals surface area (Å²) in [4.78, 5) is 0. The molecule has 3 heteroatoms. The molecule has 1 aromatic rings. The van der Waals surface area contributed by atoms with E-state index in [0.29, 0.717) is 5.92 Å². The number of nitrogens with zero attached hydrogens (tertiary/aromatic N) is 2. The molecular formula is C15H29N3. The molecule has 0 radical (unpaired) electrons. The lowest BCUT2D eigenvalue weighted by atomic mass is 10.0. The Hall–Kier alpha value is -0.830. The first-order chi connectivity index (χ1) is 8.31. The smallest absolute Gasteiger partial charge is 0.0596 e.